The highest BCUT2D eigenvalue weighted by Crippen LogP contribution is 2.51. The molecule has 0 fully saturated rings. The van der Waals surface area contributed by atoms with Crippen LogP contribution in [0.3, 0.4) is 0 Å². The molecule has 0 spiro atoms. The number of carbonyl (C=O) groups is 1. The van der Waals surface area contributed by atoms with Crippen molar-refractivity contribution in [3.8, 4) is 11.8 Å². The van der Waals surface area contributed by atoms with Gasteiger partial charge in [-0.3, -0.25) is 0 Å². The van der Waals surface area contributed by atoms with E-state index < -0.39 is 23.5 Å². The van der Waals surface area contributed by atoms with Gasteiger partial charge < -0.3 is 14.2 Å². The molecule has 0 aliphatic carbocycles. The Kier molecular flexibility index (Phi) is 4.35. The number of hydrogen-bond acceptors (Lipinski definition) is 6. The van der Waals surface area contributed by atoms with Crippen LogP contribution < -0.4 is 4.74 Å². The molecule has 138 valence electrons. The molecule has 0 saturated heterocycles. The molecule has 1 unspecified atom stereocenters. The molecular formula is C17H15F3N2O4. The topological polar surface area (TPSA) is 70.5 Å². The molecule has 0 amide bonds. The van der Waals surface area contributed by atoms with E-state index in [1.54, 1.807) is 19.9 Å². The second-order valence-electron chi connectivity index (χ2n) is 5.65. The molecule has 0 saturated carbocycles. The summed E-state index contributed by atoms with van der Waals surface area (Å²) in [6.45, 7) is 4.50. The maximum Gasteiger partial charge on any atom is 0.460 e. The van der Waals surface area contributed by atoms with Crippen LogP contribution in [-0.4, -0.2) is 28.7 Å². The number of carbonyl (C=O) groups excluding carboxylic acids is 1. The van der Waals surface area contributed by atoms with E-state index in [1.807, 2.05) is 0 Å². The number of fused-ring (bicyclic) bond motifs is 1. The van der Waals surface area contributed by atoms with E-state index in [1.165, 1.54) is 19.1 Å². The Bertz CT molecular complexity index is 849. The highest BCUT2D eigenvalue weighted by atomic mass is 19.4. The Morgan fingerprint density at radius 2 is 1.85 bits per heavy atom. The highest BCUT2D eigenvalue weighted by molar-refractivity contribution is 5.97. The van der Waals surface area contributed by atoms with E-state index in [9.17, 15) is 18.0 Å². The number of benzene rings is 1. The van der Waals surface area contributed by atoms with Gasteiger partial charge >= 0.3 is 23.9 Å². The van der Waals surface area contributed by atoms with Crippen molar-refractivity contribution < 1.29 is 32.2 Å². The van der Waals surface area contributed by atoms with E-state index in [4.69, 9.17) is 9.47 Å². The SMILES string of the molecule is CCOC1(C(F)(F)F)OC(=O)c2c(Oc3nc(C)cc(C)n3)cccc21. The van der Waals surface area contributed by atoms with Gasteiger partial charge in [0.15, 0.2) is 0 Å². The molecule has 1 aliphatic heterocycles. The second kappa shape index (κ2) is 6.24. The first-order chi connectivity index (χ1) is 12.2. The van der Waals surface area contributed by atoms with Crippen molar-refractivity contribution in [2.24, 2.45) is 0 Å². The monoisotopic (exact) mass is 368 g/mol. The number of hydrogen-bond donors (Lipinski definition) is 0. The number of rotatable bonds is 4. The number of esters is 1. The molecule has 3 rings (SSSR count). The van der Waals surface area contributed by atoms with Gasteiger partial charge in [-0.15, -0.1) is 0 Å². The molecule has 0 N–H and O–H groups in total. The van der Waals surface area contributed by atoms with E-state index in [0.717, 1.165) is 6.07 Å². The van der Waals surface area contributed by atoms with Crippen LogP contribution in [0.15, 0.2) is 24.3 Å². The van der Waals surface area contributed by atoms with E-state index in [0.29, 0.717) is 11.4 Å². The van der Waals surface area contributed by atoms with Gasteiger partial charge in [-0.1, -0.05) is 12.1 Å². The predicted octanol–water partition coefficient (Wildman–Crippen LogP) is 3.81. The lowest BCUT2D eigenvalue weighted by atomic mass is 10.0. The summed E-state index contributed by atoms with van der Waals surface area (Å²) in [6, 6.07) is 5.42. The van der Waals surface area contributed by atoms with E-state index >= 15 is 0 Å². The lowest BCUT2D eigenvalue weighted by Gasteiger charge is -2.30. The predicted molar refractivity (Wildman–Crippen MR) is 82.8 cm³/mol. The number of halogens is 3. The minimum Gasteiger partial charge on any atom is -0.423 e. The van der Waals surface area contributed by atoms with Crippen LogP contribution in [0, 0.1) is 13.8 Å². The molecule has 0 bridgehead atoms. The van der Waals surface area contributed by atoms with Crippen LogP contribution in [-0.2, 0) is 15.3 Å². The molecule has 1 aromatic heterocycles. The van der Waals surface area contributed by atoms with Crippen molar-refractivity contribution in [1.82, 2.24) is 9.97 Å². The standard InChI is InChI=1S/C17H15F3N2O4/c1-4-24-16(17(18,19)20)11-6-5-7-12(13(11)14(23)26-16)25-15-21-9(2)8-10(3)22-15/h5-8H,4H2,1-3H3. The number of alkyl halides is 3. The third-order valence-electron chi connectivity index (χ3n) is 3.71. The van der Waals surface area contributed by atoms with Crippen molar-refractivity contribution in [2.75, 3.05) is 6.61 Å². The summed E-state index contributed by atoms with van der Waals surface area (Å²) in [5, 5.41) is 0. The summed E-state index contributed by atoms with van der Waals surface area (Å²) in [5.74, 6) is -4.48. The number of nitrogens with zero attached hydrogens (tertiary/aromatic N) is 2. The Hall–Kier alpha value is -2.68. The van der Waals surface area contributed by atoms with Crippen molar-refractivity contribution >= 4 is 5.97 Å². The van der Waals surface area contributed by atoms with E-state index in [2.05, 4.69) is 14.7 Å². The largest absolute Gasteiger partial charge is 0.460 e. The first-order valence-corrected chi connectivity index (χ1v) is 7.75. The van der Waals surface area contributed by atoms with Crippen LogP contribution in [0.2, 0.25) is 0 Å². The van der Waals surface area contributed by atoms with Gasteiger partial charge in [0.1, 0.15) is 11.3 Å². The third kappa shape index (κ3) is 2.88. The quantitative estimate of drug-likeness (QED) is 0.765. The number of ether oxygens (including phenoxy) is 3. The fourth-order valence-electron chi connectivity index (χ4n) is 2.78. The molecule has 2 heterocycles. The molecule has 6 nitrogen and oxygen atoms in total. The highest BCUT2D eigenvalue weighted by Gasteiger charge is 2.66. The average molecular weight is 368 g/mol. The lowest BCUT2D eigenvalue weighted by molar-refractivity contribution is -0.365. The zero-order chi connectivity index (χ0) is 19.1. The molecule has 2 aromatic rings. The van der Waals surface area contributed by atoms with Gasteiger partial charge in [-0.25, -0.2) is 14.8 Å². The summed E-state index contributed by atoms with van der Waals surface area (Å²) in [6.07, 6.45) is -4.96. The van der Waals surface area contributed by atoms with Gasteiger partial charge in [0.25, 0.3) is 0 Å². The Balaban J connectivity index is 2.11. The molecule has 0 radical (unpaired) electrons. The Morgan fingerprint density at radius 3 is 2.42 bits per heavy atom. The summed E-state index contributed by atoms with van der Waals surface area (Å²) in [7, 11) is 0. The molecule has 26 heavy (non-hydrogen) atoms. The van der Waals surface area contributed by atoms with Crippen LogP contribution in [0.4, 0.5) is 13.2 Å². The fourth-order valence-corrected chi connectivity index (χ4v) is 2.78. The molecule has 9 heteroatoms. The molecule has 1 atom stereocenters. The van der Waals surface area contributed by atoms with Crippen molar-refractivity contribution in [3.63, 3.8) is 0 Å². The smallest absolute Gasteiger partial charge is 0.423 e. The maximum absolute atomic E-state index is 13.7. The fraction of sp³-hybridized carbons (Fsp3) is 0.353. The minimum absolute atomic E-state index is 0.0791. The van der Waals surface area contributed by atoms with Crippen molar-refractivity contribution in [3.05, 3.63) is 46.8 Å². The molecule has 1 aliphatic rings. The van der Waals surface area contributed by atoms with Crippen molar-refractivity contribution in [2.45, 2.75) is 32.7 Å². The molecule has 1 aromatic carbocycles. The Morgan fingerprint density at radius 1 is 1.19 bits per heavy atom. The first kappa shape index (κ1) is 18.1. The van der Waals surface area contributed by atoms with Crippen molar-refractivity contribution in [1.29, 1.82) is 0 Å². The average Bonchev–Trinajstić information content (AvgIpc) is 2.81. The van der Waals surface area contributed by atoms with Gasteiger partial charge in [0.2, 0.25) is 0 Å². The zero-order valence-electron chi connectivity index (χ0n) is 14.2. The summed E-state index contributed by atoms with van der Waals surface area (Å²) >= 11 is 0. The van der Waals surface area contributed by atoms with Gasteiger partial charge in [-0.05, 0) is 32.9 Å². The zero-order valence-corrected chi connectivity index (χ0v) is 14.2. The normalized spacial score (nSPS) is 19.2. The van der Waals surface area contributed by atoms with Gasteiger partial charge in [0, 0.05) is 18.0 Å². The third-order valence-corrected chi connectivity index (χ3v) is 3.71. The lowest BCUT2D eigenvalue weighted by Crippen LogP contribution is -2.45. The van der Waals surface area contributed by atoms with Crippen LogP contribution >= 0.6 is 0 Å². The van der Waals surface area contributed by atoms with Gasteiger partial charge in [-0.2, -0.15) is 13.2 Å². The molecular weight excluding hydrogens is 353 g/mol. The van der Waals surface area contributed by atoms with Crippen LogP contribution in [0.1, 0.15) is 34.2 Å². The summed E-state index contributed by atoms with van der Waals surface area (Å²) in [4.78, 5) is 20.3. The Labute approximate surface area is 146 Å². The van der Waals surface area contributed by atoms with Crippen LogP contribution in [0.25, 0.3) is 0 Å². The van der Waals surface area contributed by atoms with Gasteiger partial charge in [0.05, 0.1) is 5.56 Å². The minimum atomic E-state index is -4.96. The summed E-state index contributed by atoms with van der Waals surface area (Å²) < 4.78 is 55.9. The van der Waals surface area contributed by atoms with Crippen LogP contribution in [0.5, 0.6) is 11.8 Å². The van der Waals surface area contributed by atoms with E-state index in [-0.39, 0.29) is 23.9 Å². The number of cyclic esters (lactones) is 1. The summed E-state index contributed by atoms with van der Waals surface area (Å²) in [5.41, 5.74) is 0.406. The second-order valence-corrected chi connectivity index (χ2v) is 5.65. The number of aromatic nitrogens is 2. The number of aryl methyl sites for hydroxylation is 2. The first-order valence-electron chi connectivity index (χ1n) is 7.75. The maximum atomic E-state index is 13.7.